The molecule has 5 saturated carbocycles. The molecule has 234 valence electrons. The van der Waals surface area contributed by atoms with E-state index < -0.39 is 6.10 Å². The number of hydrogen-bond acceptors (Lipinski definition) is 4. The zero-order valence-electron chi connectivity index (χ0n) is 28.0. The molecule has 4 nitrogen and oxygen atoms in total. The fourth-order valence-corrected chi connectivity index (χ4v) is 13.7. The van der Waals surface area contributed by atoms with E-state index in [1.807, 2.05) is 17.7 Å². The highest BCUT2D eigenvalue weighted by Gasteiger charge is 2.72. The van der Waals surface area contributed by atoms with Crippen molar-refractivity contribution in [2.24, 2.45) is 56.7 Å². The monoisotopic (exact) mass is 576 g/mol. The van der Waals surface area contributed by atoms with Gasteiger partial charge in [-0.1, -0.05) is 52.7 Å². The maximum Gasteiger partial charge on any atom is 0.121 e. The van der Waals surface area contributed by atoms with Crippen molar-refractivity contribution in [1.82, 2.24) is 0 Å². The van der Waals surface area contributed by atoms with E-state index in [1.165, 1.54) is 64.2 Å². The van der Waals surface area contributed by atoms with Crippen molar-refractivity contribution in [3.8, 4) is 0 Å². The zero-order valence-corrected chi connectivity index (χ0v) is 28.0. The molecule has 0 radical (unpaired) electrons. The molecule has 1 aromatic carbocycles. The van der Waals surface area contributed by atoms with Gasteiger partial charge in [-0.05, 0) is 165 Å². The van der Waals surface area contributed by atoms with Crippen LogP contribution in [-0.4, -0.2) is 5.26 Å². The van der Waals surface area contributed by atoms with Gasteiger partial charge < -0.3 is 11.5 Å². The van der Waals surface area contributed by atoms with Crippen molar-refractivity contribution in [3.05, 3.63) is 34.9 Å². The number of nitrogens with two attached hydrogens (primary N) is 2. The molecule has 0 aliphatic heterocycles. The van der Waals surface area contributed by atoms with Crippen LogP contribution in [0.3, 0.4) is 0 Å². The van der Waals surface area contributed by atoms with Crippen molar-refractivity contribution >= 4 is 11.4 Å². The Morgan fingerprint density at radius 2 is 1.55 bits per heavy atom. The van der Waals surface area contributed by atoms with Crippen LogP contribution in [0.2, 0.25) is 0 Å². The van der Waals surface area contributed by atoms with Gasteiger partial charge in [0, 0.05) is 11.4 Å². The largest absolute Gasteiger partial charge is 0.399 e. The molecule has 0 bridgehead atoms. The highest BCUT2D eigenvalue weighted by Crippen LogP contribution is 2.80. The number of nitrogen functional groups attached to an aromatic ring is 2. The Hall–Kier alpha value is -1.52. The number of anilines is 2. The SMILES string of the molecule is CC(C)=C1CCCC(C)C12CCC1(C)C3CCC4C(C)(C)C(C(OO)c5cc(N)cc(N)c5)CCC4(C)C3CCC12C. The standard InChI is InChI=1S/C38H60N2O2/c1-23(2)28-11-9-10-24(3)38(28)19-18-36(7)30-12-13-32-34(4,5)31(33(42-41)25-20-26(39)22-27(40)21-25)14-16-35(32,6)29(30)15-17-37(36,38)8/h20-22,24,29-33,41H,9-19,39-40H2,1-8H3. The summed E-state index contributed by atoms with van der Waals surface area (Å²) in [5.74, 6) is 3.18. The first kappa shape index (κ1) is 30.5. The van der Waals surface area contributed by atoms with Gasteiger partial charge in [-0.25, -0.2) is 4.89 Å². The fourth-order valence-electron chi connectivity index (χ4n) is 13.7. The minimum absolute atomic E-state index is 0.0242. The van der Waals surface area contributed by atoms with Crippen LogP contribution in [0.25, 0.3) is 0 Å². The topological polar surface area (TPSA) is 81.5 Å². The summed E-state index contributed by atoms with van der Waals surface area (Å²) in [5.41, 5.74) is 19.5. The molecule has 42 heavy (non-hydrogen) atoms. The Kier molecular flexibility index (Phi) is 7.26. The zero-order chi connectivity index (χ0) is 30.5. The molecule has 5 aliphatic rings. The van der Waals surface area contributed by atoms with Crippen LogP contribution < -0.4 is 11.5 Å². The second-order valence-corrected chi connectivity index (χ2v) is 17.3. The second kappa shape index (κ2) is 9.99. The maximum atomic E-state index is 10.3. The molecule has 0 aromatic heterocycles. The Balaban J connectivity index is 1.33. The molecule has 1 spiro atoms. The smallest absolute Gasteiger partial charge is 0.121 e. The van der Waals surface area contributed by atoms with E-state index in [-0.39, 0.29) is 11.3 Å². The van der Waals surface area contributed by atoms with Crippen LogP contribution in [0.15, 0.2) is 29.3 Å². The van der Waals surface area contributed by atoms with Crippen molar-refractivity contribution < 1.29 is 10.1 Å². The van der Waals surface area contributed by atoms with Crippen molar-refractivity contribution in [2.45, 2.75) is 132 Å². The van der Waals surface area contributed by atoms with Gasteiger partial charge in [-0.3, -0.25) is 5.26 Å². The lowest BCUT2D eigenvalue weighted by Gasteiger charge is -2.70. The quantitative estimate of drug-likeness (QED) is 0.145. The number of rotatable bonds is 3. The molecule has 10 unspecified atom stereocenters. The number of benzene rings is 1. The summed E-state index contributed by atoms with van der Waals surface area (Å²) in [6.07, 6.45) is 14.1. The Labute approximate surface area is 256 Å². The van der Waals surface area contributed by atoms with E-state index in [2.05, 4.69) is 55.4 Å². The van der Waals surface area contributed by atoms with Crippen LogP contribution in [0.4, 0.5) is 11.4 Å². The average Bonchev–Trinajstić information content (AvgIpc) is 3.15. The van der Waals surface area contributed by atoms with Gasteiger partial charge in [0.2, 0.25) is 0 Å². The van der Waals surface area contributed by atoms with E-state index in [0.717, 1.165) is 29.7 Å². The van der Waals surface area contributed by atoms with Crippen LogP contribution >= 0.6 is 0 Å². The number of allylic oxidation sites excluding steroid dienone is 2. The molecule has 5 N–H and O–H groups in total. The molecule has 5 aliphatic carbocycles. The molecule has 4 heteroatoms. The van der Waals surface area contributed by atoms with Gasteiger partial charge >= 0.3 is 0 Å². The summed E-state index contributed by atoms with van der Waals surface area (Å²) in [5, 5.41) is 10.3. The number of fused-ring (bicyclic) bond motifs is 6. The predicted molar refractivity (Wildman–Crippen MR) is 175 cm³/mol. The second-order valence-electron chi connectivity index (χ2n) is 17.3. The minimum atomic E-state index is -0.412. The Morgan fingerprint density at radius 1 is 0.857 bits per heavy atom. The molecular weight excluding hydrogens is 516 g/mol. The molecule has 6 rings (SSSR count). The van der Waals surface area contributed by atoms with Gasteiger partial charge in [0.25, 0.3) is 0 Å². The first-order chi connectivity index (χ1) is 19.7. The summed E-state index contributed by atoms with van der Waals surface area (Å²) in [4.78, 5) is 5.31. The van der Waals surface area contributed by atoms with Crippen molar-refractivity contribution in [2.75, 3.05) is 11.5 Å². The van der Waals surface area contributed by atoms with Gasteiger partial charge in [-0.2, -0.15) is 0 Å². The summed E-state index contributed by atoms with van der Waals surface area (Å²) >= 11 is 0. The van der Waals surface area contributed by atoms with E-state index in [4.69, 9.17) is 16.4 Å². The van der Waals surface area contributed by atoms with Gasteiger partial charge in [0.05, 0.1) is 0 Å². The average molecular weight is 577 g/mol. The predicted octanol–water partition coefficient (Wildman–Crippen LogP) is 10.2. The maximum absolute atomic E-state index is 10.3. The lowest BCUT2D eigenvalue weighted by Crippen LogP contribution is -2.63. The Morgan fingerprint density at radius 3 is 2.19 bits per heavy atom. The Bertz CT molecular complexity index is 1230. The molecule has 0 heterocycles. The van der Waals surface area contributed by atoms with Gasteiger partial charge in [0.1, 0.15) is 6.10 Å². The molecule has 1 aromatic rings. The summed E-state index contributed by atoms with van der Waals surface area (Å²) < 4.78 is 0. The molecule has 0 saturated heterocycles. The van der Waals surface area contributed by atoms with Crippen molar-refractivity contribution in [1.29, 1.82) is 0 Å². The molecule has 5 fully saturated rings. The van der Waals surface area contributed by atoms with Crippen LogP contribution in [0, 0.1) is 56.7 Å². The van der Waals surface area contributed by atoms with Crippen molar-refractivity contribution in [3.63, 3.8) is 0 Å². The first-order valence-corrected chi connectivity index (χ1v) is 17.3. The third-order valence-electron chi connectivity index (χ3n) is 15.7. The highest BCUT2D eigenvalue weighted by molar-refractivity contribution is 5.55. The van der Waals surface area contributed by atoms with Crippen LogP contribution in [0.5, 0.6) is 0 Å². The van der Waals surface area contributed by atoms with Gasteiger partial charge in [-0.15, -0.1) is 0 Å². The highest BCUT2D eigenvalue weighted by atomic mass is 17.1. The van der Waals surface area contributed by atoms with E-state index >= 15 is 0 Å². The minimum Gasteiger partial charge on any atom is -0.399 e. The molecule has 10 atom stereocenters. The van der Waals surface area contributed by atoms with Gasteiger partial charge in [0.15, 0.2) is 0 Å². The third-order valence-corrected chi connectivity index (χ3v) is 15.7. The van der Waals surface area contributed by atoms with E-state index in [1.54, 1.807) is 11.6 Å². The lowest BCUT2D eigenvalue weighted by atomic mass is 9.35. The van der Waals surface area contributed by atoms with E-state index in [9.17, 15) is 5.26 Å². The van der Waals surface area contributed by atoms with Crippen LogP contribution in [-0.2, 0) is 4.89 Å². The molecular formula is C38H60N2O2. The normalized spacial score (nSPS) is 45.2. The fraction of sp³-hybridized carbons (Fsp3) is 0.789. The van der Waals surface area contributed by atoms with E-state index in [0.29, 0.717) is 39.0 Å². The summed E-state index contributed by atoms with van der Waals surface area (Å²) in [7, 11) is 0. The lowest BCUT2D eigenvalue weighted by molar-refractivity contribution is -0.313. The molecule has 0 amide bonds. The van der Waals surface area contributed by atoms with Crippen LogP contribution in [0.1, 0.15) is 138 Å². The third kappa shape index (κ3) is 3.85. The summed E-state index contributed by atoms with van der Waals surface area (Å²) in [6, 6.07) is 5.65. The first-order valence-electron chi connectivity index (χ1n) is 17.3. The summed E-state index contributed by atoms with van der Waals surface area (Å²) in [6.45, 7) is 20.5. The number of hydrogen-bond donors (Lipinski definition) is 3.